The lowest BCUT2D eigenvalue weighted by molar-refractivity contribution is 1.11. The molecule has 0 aliphatic heterocycles. The third-order valence-electron chi connectivity index (χ3n) is 2.20. The number of rotatable bonds is 0. The average molecular weight is 398 g/mol. The van der Waals surface area contributed by atoms with Crippen LogP contribution in [0.3, 0.4) is 0 Å². The van der Waals surface area contributed by atoms with E-state index in [9.17, 15) is 0 Å². The Morgan fingerprint density at radius 3 is 0.583 bits per heavy atom. The summed E-state index contributed by atoms with van der Waals surface area (Å²) in [6, 6.07) is 28.3. The van der Waals surface area contributed by atoms with Gasteiger partial charge in [0, 0.05) is 15.1 Å². The van der Waals surface area contributed by atoms with Crippen molar-refractivity contribution in [3.63, 3.8) is 0 Å². The van der Waals surface area contributed by atoms with Crippen molar-refractivity contribution in [2.45, 2.75) is 0 Å². The molecule has 0 saturated carbocycles. The van der Waals surface area contributed by atoms with E-state index in [0.29, 0.717) is 0 Å². The standard InChI is InChI=1S/3C6H5Cl.3FH/c3*7-6-4-2-1-3-5-6;;;/h3*1-5H;3*1H. The SMILES string of the molecule is Clc1ccccc1.Clc1ccccc1.Clc1ccccc1.F.F.F. The molecule has 0 fully saturated rings. The van der Waals surface area contributed by atoms with Crippen LogP contribution in [-0.4, -0.2) is 0 Å². The Kier molecular flexibility index (Phi) is 20.0. The number of benzene rings is 3. The summed E-state index contributed by atoms with van der Waals surface area (Å²) >= 11 is 16.6. The predicted octanol–water partition coefficient (Wildman–Crippen LogP) is 7.48. The molecular formula is C18H18Cl3F3. The van der Waals surface area contributed by atoms with E-state index >= 15 is 0 Å². The molecule has 0 spiro atoms. The summed E-state index contributed by atoms with van der Waals surface area (Å²) in [5.74, 6) is 0. The molecule has 0 heterocycles. The van der Waals surface area contributed by atoms with E-state index in [1.54, 1.807) is 0 Å². The quantitative estimate of drug-likeness (QED) is 0.369. The number of halogens is 6. The lowest BCUT2D eigenvalue weighted by atomic mass is 10.4. The molecule has 0 bridgehead atoms. The van der Waals surface area contributed by atoms with Gasteiger partial charge in [-0.2, -0.15) is 0 Å². The minimum absolute atomic E-state index is 0. The van der Waals surface area contributed by atoms with Crippen molar-refractivity contribution in [2.75, 3.05) is 0 Å². The predicted molar refractivity (Wildman–Crippen MR) is 102 cm³/mol. The maximum Gasteiger partial charge on any atom is 0.0405 e. The van der Waals surface area contributed by atoms with Crippen LogP contribution in [0.4, 0.5) is 14.1 Å². The first kappa shape index (κ1) is 27.2. The van der Waals surface area contributed by atoms with Gasteiger partial charge in [0.1, 0.15) is 0 Å². The van der Waals surface area contributed by atoms with Crippen molar-refractivity contribution in [1.29, 1.82) is 0 Å². The third kappa shape index (κ3) is 15.2. The third-order valence-corrected chi connectivity index (χ3v) is 2.96. The molecule has 0 saturated heterocycles. The van der Waals surface area contributed by atoms with Crippen LogP contribution in [0.1, 0.15) is 0 Å². The summed E-state index contributed by atoms with van der Waals surface area (Å²) in [6.07, 6.45) is 0. The lowest BCUT2D eigenvalue weighted by Crippen LogP contribution is -1.55. The molecule has 3 rings (SSSR count). The van der Waals surface area contributed by atoms with Gasteiger partial charge in [0.25, 0.3) is 0 Å². The summed E-state index contributed by atoms with van der Waals surface area (Å²) in [6.45, 7) is 0. The van der Waals surface area contributed by atoms with Crippen LogP contribution in [-0.2, 0) is 0 Å². The van der Waals surface area contributed by atoms with Gasteiger partial charge < -0.3 is 0 Å². The Morgan fingerprint density at radius 2 is 0.500 bits per heavy atom. The van der Waals surface area contributed by atoms with Crippen molar-refractivity contribution >= 4 is 34.8 Å². The summed E-state index contributed by atoms with van der Waals surface area (Å²) in [7, 11) is 0. The van der Waals surface area contributed by atoms with Crippen molar-refractivity contribution < 1.29 is 14.1 Å². The molecule has 6 heteroatoms. The minimum Gasteiger partial charge on any atom is -0.269 e. The van der Waals surface area contributed by atoms with Crippen LogP contribution in [0.2, 0.25) is 15.1 Å². The molecule has 0 nitrogen and oxygen atoms in total. The first-order valence-corrected chi connectivity index (χ1v) is 7.43. The zero-order valence-corrected chi connectivity index (χ0v) is 14.8. The van der Waals surface area contributed by atoms with Crippen LogP contribution < -0.4 is 0 Å². The van der Waals surface area contributed by atoms with Crippen LogP contribution in [0.25, 0.3) is 0 Å². The van der Waals surface area contributed by atoms with Crippen LogP contribution in [0.5, 0.6) is 0 Å². The topological polar surface area (TPSA) is 0 Å². The van der Waals surface area contributed by atoms with E-state index in [1.807, 2.05) is 91.0 Å². The molecule has 0 aromatic heterocycles. The first-order valence-electron chi connectivity index (χ1n) is 6.30. The highest BCUT2D eigenvalue weighted by molar-refractivity contribution is 6.31. The van der Waals surface area contributed by atoms with E-state index < -0.39 is 0 Å². The molecule has 0 atom stereocenters. The molecule has 3 aromatic carbocycles. The average Bonchev–Trinajstić information content (AvgIpc) is 2.51. The fraction of sp³-hybridized carbons (Fsp3) is 0. The highest BCUT2D eigenvalue weighted by Crippen LogP contribution is 2.04. The van der Waals surface area contributed by atoms with Crippen LogP contribution >= 0.6 is 34.8 Å². The van der Waals surface area contributed by atoms with Crippen molar-refractivity contribution in [3.05, 3.63) is 106 Å². The van der Waals surface area contributed by atoms with Gasteiger partial charge in [-0.3, -0.25) is 14.1 Å². The molecule has 3 aromatic rings. The molecule has 0 unspecified atom stereocenters. The normalized spacial score (nSPS) is 7.62. The fourth-order valence-corrected chi connectivity index (χ4v) is 1.68. The molecule has 0 amide bonds. The Balaban J connectivity index is -0.000000259. The summed E-state index contributed by atoms with van der Waals surface area (Å²) < 4.78 is 0. The van der Waals surface area contributed by atoms with E-state index in [2.05, 4.69) is 0 Å². The summed E-state index contributed by atoms with van der Waals surface area (Å²) in [5.41, 5.74) is 0. The maximum atomic E-state index is 5.54. The number of hydrogen-bond acceptors (Lipinski definition) is 0. The molecule has 0 radical (unpaired) electrons. The monoisotopic (exact) mass is 396 g/mol. The minimum atomic E-state index is 0. The Bertz CT molecular complexity index is 505. The number of hydrogen-bond donors (Lipinski definition) is 0. The van der Waals surface area contributed by atoms with Gasteiger partial charge in [0.05, 0.1) is 0 Å². The van der Waals surface area contributed by atoms with Gasteiger partial charge >= 0.3 is 0 Å². The maximum absolute atomic E-state index is 5.54. The molecule has 132 valence electrons. The summed E-state index contributed by atoms with van der Waals surface area (Å²) in [4.78, 5) is 0. The highest BCUT2D eigenvalue weighted by Gasteiger charge is 1.76. The zero-order chi connectivity index (χ0) is 15.3. The van der Waals surface area contributed by atoms with Gasteiger partial charge in [-0.25, -0.2) is 0 Å². The van der Waals surface area contributed by atoms with Gasteiger partial charge in [-0.05, 0) is 36.4 Å². The van der Waals surface area contributed by atoms with Gasteiger partial charge in [-0.15, -0.1) is 0 Å². The van der Waals surface area contributed by atoms with Crippen molar-refractivity contribution in [3.8, 4) is 0 Å². The molecule has 24 heavy (non-hydrogen) atoms. The second kappa shape index (κ2) is 17.7. The largest absolute Gasteiger partial charge is 0.269 e. The van der Waals surface area contributed by atoms with Gasteiger partial charge in [0.2, 0.25) is 0 Å². The van der Waals surface area contributed by atoms with E-state index in [1.165, 1.54) is 0 Å². The van der Waals surface area contributed by atoms with Crippen LogP contribution in [0.15, 0.2) is 91.0 Å². The molecule has 0 aliphatic rings. The molecule has 0 aliphatic carbocycles. The highest BCUT2D eigenvalue weighted by atomic mass is 35.5. The van der Waals surface area contributed by atoms with Gasteiger partial charge in [0.15, 0.2) is 0 Å². The Labute approximate surface area is 155 Å². The first-order chi connectivity index (χ1) is 10.2. The van der Waals surface area contributed by atoms with E-state index in [4.69, 9.17) is 34.8 Å². The Morgan fingerprint density at radius 1 is 0.333 bits per heavy atom. The lowest BCUT2D eigenvalue weighted by Gasteiger charge is -1.80. The smallest absolute Gasteiger partial charge is 0.0405 e. The second-order valence-electron chi connectivity index (χ2n) is 3.89. The van der Waals surface area contributed by atoms with E-state index in [0.717, 1.165) is 15.1 Å². The zero-order valence-electron chi connectivity index (χ0n) is 12.5. The Hall–Kier alpha value is -1.68. The van der Waals surface area contributed by atoms with Crippen molar-refractivity contribution in [2.24, 2.45) is 0 Å². The van der Waals surface area contributed by atoms with Gasteiger partial charge in [-0.1, -0.05) is 89.4 Å². The second-order valence-corrected chi connectivity index (χ2v) is 5.20. The fourth-order valence-electron chi connectivity index (χ4n) is 1.24. The summed E-state index contributed by atoms with van der Waals surface area (Å²) in [5, 5.41) is 2.38. The molecule has 0 N–H and O–H groups in total. The van der Waals surface area contributed by atoms with Crippen molar-refractivity contribution in [1.82, 2.24) is 0 Å². The molecular weight excluding hydrogens is 380 g/mol. The van der Waals surface area contributed by atoms with E-state index in [-0.39, 0.29) is 14.1 Å². The van der Waals surface area contributed by atoms with Crippen LogP contribution in [0, 0.1) is 0 Å².